The lowest BCUT2D eigenvalue weighted by molar-refractivity contribution is 0.0965. The van der Waals surface area contributed by atoms with Crippen molar-refractivity contribution < 1.29 is 22.4 Å². The van der Waals surface area contributed by atoms with Gasteiger partial charge in [0, 0.05) is 11.1 Å². The molecule has 2 aromatic carbocycles. The highest BCUT2D eigenvalue weighted by Gasteiger charge is 2.34. The van der Waals surface area contributed by atoms with Crippen LogP contribution in [0.5, 0.6) is 0 Å². The summed E-state index contributed by atoms with van der Waals surface area (Å²) in [5.74, 6) is -0.527. The third kappa shape index (κ3) is 3.57. The zero-order chi connectivity index (χ0) is 20.4. The predicted octanol–water partition coefficient (Wildman–Crippen LogP) is 2.64. The molecule has 7 nitrogen and oxygen atoms in total. The van der Waals surface area contributed by atoms with E-state index in [1.807, 2.05) is 0 Å². The summed E-state index contributed by atoms with van der Waals surface area (Å²) in [7, 11) is -4.07. The summed E-state index contributed by atoms with van der Waals surface area (Å²) in [6.45, 7) is 0.111. The van der Waals surface area contributed by atoms with Crippen LogP contribution in [-0.4, -0.2) is 20.0 Å². The summed E-state index contributed by atoms with van der Waals surface area (Å²) < 4.78 is 33.1. The molecule has 0 saturated carbocycles. The van der Waals surface area contributed by atoms with Crippen LogP contribution in [0.4, 0.5) is 0 Å². The van der Waals surface area contributed by atoms with Gasteiger partial charge in [0.2, 0.25) is 11.6 Å². The van der Waals surface area contributed by atoms with E-state index in [9.17, 15) is 18.0 Å². The monoisotopic (exact) mass is 408 g/mol. The molecule has 4 rings (SSSR count). The number of hydrogen-bond donors (Lipinski definition) is 2. The first-order valence-electron chi connectivity index (χ1n) is 8.74. The zero-order valence-electron chi connectivity index (χ0n) is 15.1. The molecule has 0 saturated heterocycles. The SMILES string of the molecule is O=C1C(NCc2ccco2)=C(NS(=O)(=O)c2ccccc2)C(=O)c2ccccc21. The average molecular weight is 408 g/mol. The number of nitrogens with one attached hydrogen (secondary N) is 2. The van der Waals surface area contributed by atoms with Crippen LogP contribution in [0.3, 0.4) is 0 Å². The van der Waals surface area contributed by atoms with Gasteiger partial charge in [-0.1, -0.05) is 42.5 Å². The maximum Gasteiger partial charge on any atom is 0.262 e. The van der Waals surface area contributed by atoms with Crippen LogP contribution in [0.25, 0.3) is 0 Å². The van der Waals surface area contributed by atoms with Gasteiger partial charge in [0.05, 0.1) is 17.7 Å². The van der Waals surface area contributed by atoms with E-state index >= 15 is 0 Å². The molecule has 3 aromatic rings. The first-order chi connectivity index (χ1) is 14.0. The molecule has 1 aliphatic rings. The van der Waals surface area contributed by atoms with E-state index in [4.69, 9.17) is 4.42 Å². The highest BCUT2D eigenvalue weighted by molar-refractivity contribution is 7.89. The van der Waals surface area contributed by atoms with E-state index in [2.05, 4.69) is 10.0 Å². The van der Waals surface area contributed by atoms with Gasteiger partial charge < -0.3 is 9.73 Å². The molecule has 146 valence electrons. The second-order valence-electron chi connectivity index (χ2n) is 6.31. The maximum absolute atomic E-state index is 13.0. The number of carbonyl (C=O) groups is 2. The molecule has 0 fully saturated rings. The summed E-state index contributed by atoms with van der Waals surface area (Å²) in [4.78, 5) is 26.0. The normalized spacial score (nSPS) is 13.9. The van der Waals surface area contributed by atoms with Crippen molar-refractivity contribution in [3.63, 3.8) is 0 Å². The molecule has 2 N–H and O–H groups in total. The topological polar surface area (TPSA) is 105 Å². The Morgan fingerprint density at radius 3 is 2.00 bits per heavy atom. The van der Waals surface area contributed by atoms with E-state index in [1.165, 1.54) is 30.5 Å². The second-order valence-corrected chi connectivity index (χ2v) is 7.99. The fourth-order valence-corrected chi connectivity index (χ4v) is 4.12. The molecule has 0 unspecified atom stereocenters. The number of allylic oxidation sites excluding steroid dienone is 2. The van der Waals surface area contributed by atoms with Gasteiger partial charge in [0.15, 0.2) is 0 Å². The number of benzene rings is 2. The second kappa shape index (κ2) is 7.40. The fourth-order valence-electron chi connectivity index (χ4n) is 3.02. The number of fused-ring (bicyclic) bond motifs is 1. The zero-order valence-corrected chi connectivity index (χ0v) is 15.9. The molecule has 1 aromatic heterocycles. The lowest BCUT2D eigenvalue weighted by Crippen LogP contribution is -2.38. The summed E-state index contributed by atoms with van der Waals surface area (Å²) in [6.07, 6.45) is 1.48. The van der Waals surface area contributed by atoms with Crippen molar-refractivity contribution in [3.05, 3.63) is 101 Å². The minimum absolute atomic E-state index is 0.0167. The van der Waals surface area contributed by atoms with E-state index in [-0.39, 0.29) is 34.0 Å². The van der Waals surface area contributed by atoms with Crippen molar-refractivity contribution in [2.75, 3.05) is 0 Å². The number of carbonyl (C=O) groups excluding carboxylic acids is 2. The third-order valence-corrected chi connectivity index (χ3v) is 5.80. The minimum Gasteiger partial charge on any atom is -0.467 e. The van der Waals surface area contributed by atoms with Crippen LogP contribution in [-0.2, 0) is 16.6 Å². The van der Waals surface area contributed by atoms with Gasteiger partial charge >= 0.3 is 0 Å². The number of sulfonamides is 1. The van der Waals surface area contributed by atoms with Gasteiger partial charge in [-0.05, 0) is 24.3 Å². The van der Waals surface area contributed by atoms with Crippen molar-refractivity contribution >= 4 is 21.6 Å². The van der Waals surface area contributed by atoms with E-state index in [1.54, 1.807) is 42.5 Å². The Hall–Kier alpha value is -3.65. The van der Waals surface area contributed by atoms with E-state index in [0.717, 1.165) is 0 Å². The molecule has 0 amide bonds. The molecule has 1 aliphatic carbocycles. The largest absolute Gasteiger partial charge is 0.467 e. The van der Waals surface area contributed by atoms with Gasteiger partial charge in [-0.25, -0.2) is 8.42 Å². The van der Waals surface area contributed by atoms with Crippen molar-refractivity contribution in [2.45, 2.75) is 11.4 Å². The molecule has 0 radical (unpaired) electrons. The van der Waals surface area contributed by atoms with E-state index in [0.29, 0.717) is 5.76 Å². The van der Waals surface area contributed by atoms with Gasteiger partial charge in [-0.15, -0.1) is 0 Å². The number of Topliss-reactive ketones (excluding diaryl/α,β-unsaturated/α-hetero) is 2. The Balaban J connectivity index is 1.77. The third-order valence-electron chi connectivity index (χ3n) is 4.43. The summed E-state index contributed by atoms with van der Waals surface area (Å²) in [6, 6.07) is 17.3. The smallest absolute Gasteiger partial charge is 0.262 e. The first kappa shape index (κ1) is 18.7. The number of rotatable bonds is 6. The molecule has 0 aliphatic heterocycles. The Morgan fingerprint density at radius 1 is 0.759 bits per heavy atom. The lowest BCUT2D eigenvalue weighted by atomic mass is 9.90. The Bertz CT molecular complexity index is 1210. The average Bonchev–Trinajstić information content (AvgIpc) is 3.26. The van der Waals surface area contributed by atoms with Crippen LogP contribution in [0.2, 0.25) is 0 Å². The maximum atomic E-state index is 13.0. The molecule has 1 heterocycles. The number of hydrogen-bond acceptors (Lipinski definition) is 6. The van der Waals surface area contributed by atoms with Crippen molar-refractivity contribution in [1.29, 1.82) is 0 Å². The van der Waals surface area contributed by atoms with Crippen LogP contribution in [0, 0.1) is 0 Å². The Kier molecular flexibility index (Phi) is 4.77. The van der Waals surface area contributed by atoms with Crippen molar-refractivity contribution in [2.24, 2.45) is 0 Å². The predicted molar refractivity (Wildman–Crippen MR) is 104 cm³/mol. The van der Waals surface area contributed by atoms with Gasteiger partial charge in [-0.2, -0.15) is 0 Å². The van der Waals surface area contributed by atoms with Crippen molar-refractivity contribution in [1.82, 2.24) is 10.0 Å². The standard InChI is InChI=1S/C21H16N2O5S/c24-20-16-10-4-5-11-17(16)21(25)19(18(20)22-13-14-7-6-12-28-14)23-29(26,27)15-8-2-1-3-9-15/h1-12,22-23H,13H2. The number of furan rings is 1. The fraction of sp³-hybridized carbons (Fsp3) is 0.0476. The Labute approximate surface area is 167 Å². The van der Waals surface area contributed by atoms with Crippen LogP contribution in [0.15, 0.2) is 93.7 Å². The quantitative estimate of drug-likeness (QED) is 0.650. The lowest BCUT2D eigenvalue weighted by Gasteiger charge is -2.22. The molecule has 29 heavy (non-hydrogen) atoms. The van der Waals surface area contributed by atoms with Gasteiger partial charge in [0.25, 0.3) is 10.0 Å². The first-order valence-corrected chi connectivity index (χ1v) is 10.2. The van der Waals surface area contributed by atoms with Crippen molar-refractivity contribution in [3.8, 4) is 0 Å². The molecular weight excluding hydrogens is 392 g/mol. The van der Waals surface area contributed by atoms with E-state index < -0.39 is 21.6 Å². The number of ketones is 2. The Morgan fingerprint density at radius 2 is 1.38 bits per heavy atom. The van der Waals surface area contributed by atoms with Gasteiger partial charge in [0.1, 0.15) is 17.2 Å². The summed E-state index contributed by atoms with van der Waals surface area (Å²) in [5.41, 5.74) is -0.0809. The summed E-state index contributed by atoms with van der Waals surface area (Å²) >= 11 is 0. The molecule has 0 atom stereocenters. The summed E-state index contributed by atoms with van der Waals surface area (Å²) in [5, 5.41) is 2.86. The molecule has 0 bridgehead atoms. The molecule has 8 heteroatoms. The van der Waals surface area contributed by atoms with Gasteiger partial charge in [-0.3, -0.25) is 14.3 Å². The van der Waals surface area contributed by atoms with Crippen LogP contribution < -0.4 is 10.0 Å². The molecule has 0 spiro atoms. The van der Waals surface area contributed by atoms with Crippen LogP contribution >= 0.6 is 0 Å². The highest BCUT2D eigenvalue weighted by Crippen LogP contribution is 2.25. The van der Waals surface area contributed by atoms with Crippen LogP contribution in [0.1, 0.15) is 26.5 Å². The highest BCUT2D eigenvalue weighted by atomic mass is 32.2. The minimum atomic E-state index is -4.07. The molecular formula is C21H16N2O5S.